The van der Waals surface area contributed by atoms with Crippen molar-refractivity contribution in [2.24, 2.45) is 17.3 Å². The molecule has 2 aromatic heterocycles. The lowest BCUT2D eigenvalue weighted by molar-refractivity contribution is -0.132. The number of rotatable bonds is 6. The first-order valence-electron chi connectivity index (χ1n) is 11.1. The molecule has 1 aliphatic carbocycles. The van der Waals surface area contributed by atoms with Crippen molar-refractivity contribution in [1.82, 2.24) is 25.2 Å². The highest BCUT2D eigenvalue weighted by Gasteiger charge is 2.53. The van der Waals surface area contributed by atoms with Crippen molar-refractivity contribution < 1.29 is 4.79 Å². The minimum atomic E-state index is -0.363. The summed E-state index contributed by atoms with van der Waals surface area (Å²) in [5.74, 6) is 1.92. The number of anilines is 1. The van der Waals surface area contributed by atoms with Crippen molar-refractivity contribution in [1.29, 1.82) is 0 Å². The molecule has 0 radical (unpaired) electrons. The van der Waals surface area contributed by atoms with Gasteiger partial charge in [-0.1, -0.05) is 6.07 Å². The number of nitrogens with zero attached hydrogens (tertiary/aromatic N) is 5. The summed E-state index contributed by atoms with van der Waals surface area (Å²) in [6, 6.07) is 5.96. The molecule has 0 spiro atoms. The van der Waals surface area contributed by atoms with Crippen molar-refractivity contribution in [3.63, 3.8) is 0 Å². The summed E-state index contributed by atoms with van der Waals surface area (Å²) in [6.07, 6.45) is 11.8. The Labute approximate surface area is 177 Å². The third kappa shape index (κ3) is 4.03. The van der Waals surface area contributed by atoms with Gasteiger partial charge in [-0.15, -0.1) is 0 Å². The Morgan fingerprint density at radius 2 is 2.03 bits per heavy atom. The van der Waals surface area contributed by atoms with Crippen LogP contribution in [0.2, 0.25) is 0 Å². The summed E-state index contributed by atoms with van der Waals surface area (Å²) in [4.78, 5) is 31.4. The van der Waals surface area contributed by atoms with Gasteiger partial charge < -0.3 is 10.2 Å². The number of hydrogen-bond donors (Lipinski definition) is 1. The number of likely N-dealkylation sites (tertiary alicyclic amines) is 1. The minimum absolute atomic E-state index is 0.237. The third-order valence-corrected chi connectivity index (χ3v) is 6.94. The van der Waals surface area contributed by atoms with E-state index in [2.05, 4.69) is 36.1 Å². The van der Waals surface area contributed by atoms with Gasteiger partial charge in [0.15, 0.2) is 0 Å². The van der Waals surface area contributed by atoms with Gasteiger partial charge in [0.25, 0.3) is 0 Å². The van der Waals surface area contributed by atoms with E-state index in [0.717, 1.165) is 51.5 Å². The van der Waals surface area contributed by atoms with Crippen LogP contribution in [0.3, 0.4) is 0 Å². The topological polar surface area (TPSA) is 74.2 Å². The van der Waals surface area contributed by atoms with Crippen LogP contribution in [0.15, 0.2) is 43.0 Å². The Bertz CT molecular complexity index is 859. The lowest BCUT2D eigenvalue weighted by Gasteiger charge is -2.32. The van der Waals surface area contributed by atoms with E-state index in [4.69, 9.17) is 0 Å². The van der Waals surface area contributed by atoms with E-state index in [1.165, 1.54) is 18.4 Å². The van der Waals surface area contributed by atoms with E-state index in [0.29, 0.717) is 12.5 Å². The molecule has 1 saturated carbocycles. The summed E-state index contributed by atoms with van der Waals surface area (Å²) < 4.78 is 0. The van der Waals surface area contributed by atoms with Crippen LogP contribution in [-0.2, 0) is 11.3 Å². The van der Waals surface area contributed by atoms with Crippen LogP contribution < -0.4 is 10.2 Å². The van der Waals surface area contributed by atoms with Gasteiger partial charge in [-0.05, 0) is 55.8 Å². The van der Waals surface area contributed by atoms with Gasteiger partial charge in [0.1, 0.15) is 0 Å². The Morgan fingerprint density at radius 1 is 1.17 bits per heavy atom. The number of pyridine rings is 1. The van der Waals surface area contributed by atoms with E-state index in [1.807, 2.05) is 24.5 Å². The van der Waals surface area contributed by atoms with Gasteiger partial charge in [0, 0.05) is 63.4 Å². The molecule has 4 heterocycles. The van der Waals surface area contributed by atoms with E-state index >= 15 is 0 Å². The zero-order chi connectivity index (χ0) is 20.4. The second-order valence-corrected chi connectivity index (χ2v) is 9.14. The lowest BCUT2D eigenvalue weighted by atomic mass is 9.74. The molecule has 2 atom stereocenters. The average molecular weight is 407 g/mol. The Morgan fingerprint density at radius 3 is 2.80 bits per heavy atom. The molecule has 0 unspecified atom stereocenters. The van der Waals surface area contributed by atoms with E-state index in [9.17, 15) is 4.79 Å². The fourth-order valence-electron chi connectivity index (χ4n) is 5.12. The van der Waals surface area contributed by atoms with E-state index in [1.54, 1.807) is 12.4 Å². The van der Waals surface area contributed by atoms with Gasteiger partial charge in [-0.2, -0.15) is 0 Å². The number of hydrogen-bond acceptors (Lipinski definition) is 6. The van der Waals surface area contributed by atoms with Gasteiger partial charge in [-0.25, -0.2) is 9.97 Å². The average Bonchev–Trinajstić information content (AvgIpc) is 3.57. The highest BCUT2D eigenvalue weighted by molar-refractivity contribution is 5.84. The first kappa shape index (κ1) is 19.4. The third-order valence-electron chi connectivity index (χ3n) is 6.94. The summed E-state index contributed by atoms with van der Waals surface area (Å²) in [5.41, 5.74) is 0.863. The number of nitrogens with one attached hydrogen (secondary N) is 1. The van der Waals surface area contributed by atoms with Crippen molar-refractivity contribution in [2.45, 2.75) is 32.2 Å². The largest absolute Gasteiger partial charge is 0.355 e. The van der Waals surface area contributed by atoms with Crippen molar-refractivity contribution in [3.8, 4) is 0 Å². The molecule has 2 aromatic rings. The molecule has 1 amide bonds. The zero-order valence-electron chi connectivity index (χ0n) is 17.4. The maximum atomic E-state index is 13.5. The second-order valence-electron chi connectivity index (χ2n) is 9.14. The first-order valence-corrected chi connectivity index (χ1v) is 11.1. The van der Waals surface area contributed by atoms with Crippen molar-refractivity contribution in [3.05, 3.63) is 48.5 Å². The number of aromatic nitrogens is 3. The highest BCUT2D eigenvalue weighted by Crippen LogP contribution is 2.44. The van der Waals surface area contributed by atoms with Crippen LogP contribution in [0.4, 0.5) is 5.95 Å². The Balaban J connectivity index is 1.37. The van der Waals surface area contributed by atoms with Crippen LogP contribution in [0.5, 0.6) is 0 Å². The monoisotopic (exact) mass is 406 g/mol. The van der Waals surface area contributed by atoms with Crippen molar-refractivity contribution in [2.75, 3.05) is 37.6 Å². The summed E-state index contributed by atoms with van der Waals surface area (Å²) >= 11 is 0. The Hall–Kier alpha value is -2.54. The van der Waals surface area contributed by atoms with Gasteiger partial charge in [0.05, 0.1) is 5.41 Å². The number of amides is 1. The molecule has 3 fully saturated rings. The van der Waals surface area contributed by atoms with Crippen LogP contribution in [-0.4, -0.2) is 58.5 Å². The molecular weight excluding hydrogens is 376 g/mol. The standard InChI is InChI=1S/C23H30N6O/c30-21(27-13-18-5-6-18)23-7-2-11-28(14-19-4-1-8-24-12-19)15-20(23)16-29(17-23)22-25-9-3-10-26-22/h1,3-4,8-10,12,18,20H,2,5-7,11,13-17H2,(H,27,30)/t20-,23-/m0/s1. The number of carbonyl (C=O) groups is 1. The Kier molecular flexibility index (Phi) is 5.37. The minimum Gasteiger partial charge on any atom is -0.355 e. The fraction of sp³-hybridized carbons (Fsp3) is 0.565. The lowest BCUT2D eigenvalue weighted by Crippen LogP contribution is -2.48. The molecule has 158 valence electrons. The molecular formula is C23H30N6O. The normalized spacial score (nSPS) is 26.8. The summed E-state index contributed by atoms with van der Waals surface area (Å²) in [6.45, 7) is 5.17. The maximum Gasteiger partial charge on any atom is 0.228 e. The van der Waals surface area contributed by atoms with Gasteiger partial charge in [0.2, 0.25) is 11.9 Å². The molecule has 0 bridgehead atoms. The van der Waals surface area contributed by atoms with Crippen LogP contribution in [0, 0.1) is 17.3 Å². The predicted octanol–water partition coefficient (Wildman–Crippen LogP) is 2.12. The molecule has 30 heavy (non-hydrogen) atoms. The second kappa shape index (κ2) is 8.30. The molecule has 0 aromatic carbocycles. The SMILES string of the molecule is O=C(NCC1CC1)[C@]12CCCN(Cc3cccnc3)C[C@H]1CN(c1ncccn1)C2. The smallest absolute Gasteiger partial charge is 0.228 e. The molecule has 5 rings (SSSR count). The molecule has 7 heteroatoms. The maximum absolute atomic E-state index is 13.5. The van der Waals surface area contributed by atoms with Crippen LogP contribution in [0.1, 0.15) is 31.2 Å². The fourth-order valence-corrected chi connectivity index (χ4v) is 5.12. The molecule has 2 aliphatic heterocycles. The molecule has 2 saturated heterocycles. The molecule has 3 aliphatic rings. The quantitative estimate of drug-likeness (QED) is 0.792. The highest BCUT2D eigenvalue weighted by atomic mass is 16.2. The number of fused-ring (bicyclic) bond motifs is 1. The molecule has 1 N–H and O–H groups in total. The van der Waals surface area contributed by atoms with Crippen LogP contribution in [0.25, 0.3) is 0 Å². The summed E-state index contributed by atoms with van der Waals surface area (Å²) in [5, 5.41) is 3.31. The van der Waals surface area contributed by atoms with Crippen molar-refractivity contribution >= 4 is 11.9 Å². The predicted molar refractivity (Wildman–Crippen MR) is 115 cm³/mol. The first-order chi connectivity index (χ1) is 14.7. The van der Waals surface area contributed by atoms with Gasteiger partial charge >= 0.3 is 0 Å². The van der Waals surface area contributed by atoms with Crippen LogP contribution >= 0.6 is 0 Å². The molecule has 7 nitrogen and oxygen atoms in total. The summed E-state index contributed by atoms with van der Waals surface area (Å²) in [7, 11) is 0. The number of carbonyl (C=O) groups excluding carboxylic acids is 1. The van der Waals surface area contributed by atoms with Gasteiger partial charge in [-0.3, -0.25) is 14.7 Å². The van der Waals surface area contributed by atoms with E-state index < -0.39 is 0 Å². The zero-order valence-corrected chi connectivity index (χ0v) is 17.4. The van der Waals surface area contributed by atoms with E-state index in [-0.39, 0.29) is 17.2 Å².